The Morgan fingerprint density at radius 3 is 2.78 bits per heavy atom. The van der Waals surface area contributed by atoms with E-state index in [1.807, 2.05) is 17.5 Å². The number of thiazole rings is 1. The lowest BCUT2D eigenvalue weighted by Crippen LogP contribution is -2.27. The average molecular weight is 440 g/mol. The van der Waals surface area contributed by atoms with Crippen molar-refractivity contribution in [3.05, 3.63) is 67.3 Å². The van der Waals surface area contributed by atoms with E-state index in [0.29, 0.717) is 26.5 Å². The first-order chi connectivity index (χ1) is 13.0. The molecular formula is C18H15Cl2N3O2S2. The standard InChI is InChI=1S/C18H15Cl2N3O2S2/c19-12-4-3-11(14(20)9-12)8-13-10-22-18(27-13)23-16(24)5-6-21-17(25)15-2-1-7-26-15/h1-4,7,9-10H,5-6,8H2,(H,21,25)(H,22,23,24). The van der Waals surface area contributed by atoms with Crippen molar-refractivity contribution in [2.75, 3.05) is 11.9 Å². The Hall–Kier alpha value is -1.93. The number of anilines is 1. The van der Waals surface area contributed by atoms with Crippen LogP contribution in [0.4, 0.5) is 5.13 Å². The van der Waals surface area contributed by atoms with E-state index in [1.165, 1.54) is 22.7 Å². The number of carbonyl (C=O) groups is 2. The van der Waals surface area contributed by atoms with Gasteiger partial charge in [0.15, 0.2) is 5.13 Å². The van der Waals surface area contributed by atoms with Crippen molar-refractivity contribution in [3.63, 3.8) is 0 Å². The Kier molecular flexibility index (Phi) is 6.84. The van der Waals surface area contributed by atoms with Crippen LogP contribution in [0.25, 0.3) is 0 Å². The van der Waals surface area contributed by atoms with Gasteiger partial charge in [0.05, 0.1) is 4.88 Å². The van der Waals surface area contributed by atoms with Gasteiger partial charge in [-0.2, -0.15) is 0 Å². The number of hydrogen-bond donors (Lipinski definition) is 2. The van der Waals surface area contributed by atoms with Gasteiger partial charge in [0, 0.05) is 40.5 Å². The van der Waals surface area contributed by atoms with Crippen LogP contribution in [0.15, 0.2) is 41.9 Å². The predicted octanol–water partition coefficient (Wildman–Crippen LogP) is 4.86. The van der Waals surface area contributed by atoms with Crippen molar-refractivity contribution < 1.29 is 9.59 Å². The Morgan fingerprint density at radius 1 is 1.19 bits per heavy atom. The molecule has 0 unspecified atom stereocenters. The fraction of sp³-hybridized carbons (Fsp3) is 0.167. The molecule has 0 saturated carbocycles. The second-order valence-corrected chi connectivity index (χ2v) is 8.48. The molecule has 2 N–H and O–H groups in total. The molecular weight excluding hydrogens is 425 g/mol. The van der Waals surface area contributed by atoms with Crippen LogP contribution in [-0.4, -0.2) is 23.3 Å². The number of aromatic nitrogens is 1. The maximum atomic E-state index is 12.0. The predicted molar refractivity (Wildman–Crippen MR) is 111 cm³/mol. The van der Waals surface area contributed by atoms with E-state index >= 15 is 0 Å². The molecule has 0 aliphatic carbocycles. The molecule has 0 radical (unpaired) electrons. The molecule has 1 aromatic carbocycles. The zero-order valence-corrected chi connectivity index (χ0v) is 17.1. The summed E-state index contributed by atoms with van der Waals surface area (Å²) >= 11 is 14.8. The highest BCUT2D eigenvalue weighted by molar-refractivity contribution is 7.15. The monoisotopic (exact) mass is 439 g/mol. The molecule has 2 amide bonds. The fourth-order valence-corrected chi connectivity index (χ4v) is 4.23. The third-order valence-corrected chi connectivity index (χ3v) is 5.93. The molecule has 3 aromatic rings. The van der Waals surface area contributed by atoms with E-state index in [2.05, 4.69) is 15.6 Å². The van der Waals surface area contributed by atoms with Crippen LogP contribution in [0, 0.1) is 0 Å². The van der Waals surface area contributed by atoms with Crippen LogP contribution in [0.1, 0.15) is 26.5 Å². The maximum absolute atomic E-state index is 12.0. The molecule has 0 bridgehead atoms. The second kappa shape index (κ2) is 9.32. The molecule has 0 saturated heterocycles. The van der Waals surface area contributed by atoms with Gasteiger partial charge in [-0.25, -0.2) is 4.98 Å². The van der Waals surface area contributed by atoms with E-state index in [4.69, 9.17) is 23.2 Å². The lowest BCUT2D eigenvalue weighted by atomic mass is 10.1. The fourth-order valence-electron chi connectivity index (χ4n) is 2.27. The largest absolute Gasteiger partial charge is 0.351 e. The molecule has 27 heavy (non-hydrogen) atoms. The number of nitrogens with zero attached hydrogens (tertiary/aromatic N) is 1. The number of hydrogen-bond acceptors (Lipinski definition) is 5. The van der Waals surface area contributed by atoms with Gasteiger partial charge >= 0.3 is 0 Å². The first kappa shape index (κ1) is 19.8. The summed E-state index contributed by atoms with van der Waals surface area (Å²) < 4.78 is 0. The SMILES string of the molecule is O=C(CCNC(=O)c1cccs1)Nc1ncc(Cc2ccc(Cl)cc2Cl)s1. The molecule has 3 rings (SSSR count). The van der Waals surface area contributed by atoms with Gasteiger partial charge in [0.1, 0.15) is 0 Å². The number of nitrogens with one attached hydrogen (secondary N) is 2. The average Bonchev–Trinajstić information content (AvgIpc) is 3.29. The minimum Gasteiger partial charge on any atom is -0.351 e. The molecule has 0 aliphatic heterocycles. The van der Waals surface area contributed by atoms with Crippen molar-refractivity contribution in [1.29, 1.82) is 0 Å². The Labute approximate surface area is 174 Å². The highest BCUT2D eigenvalue weighted by Gasteiger charge is 2.10. The number of amides is 2. The van der Waals surface area contributed by atoms with Crippen LogP contribution >= 0.6 is 45.9 Å². The topological polar surface area (TPSA) is 71.1 Å². The normalized spacial score (nSPS) is 10.6. The van der Waals surface area contributed by atoms with Crippen molar-refractivity contribution >= 4 is 62.8 Å². The van der Waals surface area contributed by atoms with Gasteiger partial charge in [0.25, 0.3) is 5.91 Å². The van der Waals surface area contributed by atoms with E-state index in [9.17, 15) is 9.59 Å². The Balaban J connectivity index is 1.47. The minimum atomic E-state index is -0.202. The molecule has 0 atom stereocenters. The van der Waals surface area contributed by atoms with Crippen molar-refractivity contribution in [2.45, 2.75) is 12.8 Å². The molecule has 140 valence electrons. The van der Waals surface area contributed by atoms with Gasteiger partial charge in [-0.3, -0.25) is 9.59 Å². The molecule has 9 heteroatoms. The van der Waals surface area contributed by atoms with Gasteiger partial charge in [-0.05, 0) is 29.1 Å². The highest BCUT2D eigenvalue weighted by atomic mass is 35.5. The van der Waals surface area contributed by atoms with Crippen LogP contribution in [0.5, 0.6) is 0 Å². The highest BCUT2D eigenvalue weighted by Crippen LogP contribution is 2.26. The van der Waals surface area contributed by atoms with Gasteiger partial charge in [-0.1, -0.05) is 35.3 Å². The van der Waals surface area contributed by atoms with Crippen molar-refractivity contribution in [1.82, 2.24) is 10.3 Å². The summed E-state index contributed by atoms with van der Waals surface area (Å²) in [5.41, 5.74) is 0.943. The first-order valence-electron chi connectivity index (χ1n) is 8.01. The maximum Gasteiger partial charge on any atom is 0.261 e. The number of thiophene rings is 1. The smallest absolute Gasteiger partial charge is 0.261 e. The van der Waals surface area contributed by atoms with Gasteiger partial charge < -0.3 is 10.6 Å². The number of carbonyl (C=O) groups excluding carboxylic acids is 2. The second-order valence-electron chi connectivity index (χ2n) is 5.58. The summed E-state index contributed by atoms with van der Waals surface area (Å²) in [5.74, 6) is -0.374. The summed E-state index contributed by atoms with van der Waals surface area (Å²) in [7, 11) is 0. The summed E-state index contributed by atoms with van der Waals surface area (Å²) in [5, 5.41) is 9.00. The number of rotatable bonds is 7. The van der Waals surface area contributed by atoms with Crippen molar-refractivity contribution in [2.24, 2.45) is 0 Å². The molecule has 2 heterocycles. The summed E-state index contributed by atoms with van der Waals surface area (Å²) in [6.07, 6.45) is 2.50. The molecule has 0 fully saturated rings. The number of benzene rings is 1. The van der Waals surface area contributed by atoms with Crippen LogP contribution in [0.3, 0.4) is 0 Å². The van der Waals surface area contributed by atoms with Gasteiger partial charge in [-0.15, -0.1) is 22.7 Å². The summed E-state index contributed by atoms with van der Waals surface area (Å²) in [4.78, 5) is 29.6. The van der Waals surface area contributed by atoms with E-state index in [-0.39, 0.29) is 24.8 Å². The number of halogens is 2. The lowest BCUT2D eigenvalue weighted by Gasteiger charge is -2.04. The third kappa shape index (κ3) is 5.77. The molecule has 5 nitrogen and oxygen atoms in total. The molecule has 0 spiro atoms. The van der Waals surface area contributed by atoms with E-state index in [1.54, 1.807) is 24.4 Å². The quantitative estimate of drug-likeness (QED) is 0.551. The lowest BCUT2D eigenvalue weighted by molar-refractivity contribution is -0.116. The first-order valence-corrected chi connectivity index (χ1v) is 10.5. The van der Waals surface area contributed by atoms with Crippen LogP contribution in [0.2, 0.25) is 10.0 Å². The van der Waals surface area contributed by atoms with Crippen LogP contribution in [-0.2, 0) is 11.2 Å². The third-order valence-electron chi connectivity index (χ3n) is 3.56. The zero-order valence-electron chi connectivity index (χ0n) is 14.0. The Bertz CT molecular complexity index is 942. The van der Waals surface area contributed by atoms with Gasteiger partial charge in [0.2, 0.25) is 5.91 Å². The Morgan fingerprint density at radius 2 is 2.04 bits per heavy atom. The molecule has 2 aromatic heterocycles. The zero-order chi connectivity index (χ0) is 19.2. The minimum absolute atomic E-state index is 0.172. The van der Waals surface area contributed by atoms with Crippen molar-refractivity contribution in [3.8, 4) is 0 Å². The van der Waals surface area contributed by atoms with E-state index < -0.39 is 0 Å². The van der Waals surface area contributed by atoms with E-state index in [0.717, 1.165) is 10.4 Å². The summed E-state index contributed by atoms with van der Waals surface area (Å²) in [6.45, 7) is 0.265. The molecule has 0 aliphatic rings. The summed E-state index contributed by atoms with van der Waals surface area (Å²) in [6, 6.07) is 8.91. The van der Waals surface area contributed by atoms with Crippen LogP contribution < -0.4 is 10.6 Å².